The predicted octanol–water partition coefficient (Wildman–Crippen LogP) is 3.02. The van der Waals surface area contributed by atoms with E-state index in [1.165, 1.54) is 0 Å². The minimum atomic E-state index is -1.01. The van der Waals surface area contributed by atoms with Crippen LogP contribution in [0.15, 0.2) is 42.6 Å². The van der Waals surface area contributed by atoms with Crippen LogP contribution in [0.4, 0.5) is 0 Å². The topological polar surface area (TPSA) is 63.8 Å². The van der Waals surface area contributed by atoms with Crippen LogP contribution in [0.3, 0.4) is 0 Å². The highest BCUT2D eigenvalue weighted by Crippen LogP contribution is 2.28. The van der Waals surface area contributed by atoms with Gasteiger partial charge in [-0.3, -0.25) is 4.40 Å². The van der Waals surface area contributed by atoms with Gasteiger partial charge in [0.05, 0.1) is 7.11 Å². The number of ether oxygens (including phenoxy) is 1. The van der Waals surface area contributed by atoms with Gasteiger partial charge in [-0.15, -0.1) is 0 Å². The number of hydrogen-bond acceptors (Lipinski definition) is 3. The monoisotopic (exact) mass is 282 g/mol. The van der Waals surface area contributed by atoms with E-state index in [4.69, 9.17) is 4.74 Å². The van der Waals surface area contributed by atoms with Crippen molar-refractivity contribution in [1.29, 1.82) is 0 Å². The number of carboxylic acid groups (broad SMARTS) is 1. The zero-order chi connectivity index (χ0) is 15.0. The fraction of sp³-hybridized carbons (Fsp3) is 0.125. The molecule has 3 rings (SSSR count). The Morgan fingerprint density at radius 2 is 2.10 bits per heavy atom. The van der Waals surface area contributed by atoms with E-state index in [2.05, 4.69) is 4.98 Å². The molecule has 2 aromatic heterocycles. The number of methoxy groups -OCH3 is 1. The van der Waals surface area contributed by atoms with Crippen molar-refractivity contribution >= 4 is 11.6 Å². The summed E-state index contributed by atoms with van der Waals surface area (Å²) in [4.78, 5) is 16.1. The number of benzene rings is 1. The van der Waals surface area contributed by atoms with Crippen molar-refractivity contribution in [3.05, 3.63) is 53.9 Å². The van der Waals surface area contributed by atoms with Gasteiger partial charge in [-0.2, -0.15) is 0 Å². The van der Waals surface area contributed by atoms with Crippen molar-refractivity contribution in [2.45, 2.75) is 6.92 Å². The van der Waals surface area contributed by atoms with Crippen molar-refractivity contribution < 1.29 is 14.6 Å². The maximum atomic E-state index is 11.6. The summed E-state index contributed by atoms with van der Waals surface area (Å²) in [6.07, 6.45) is 1.71. The van der Waals surface area contributed by atoms with Gasteiger partial charge < -0.3 is 9.84 Å². The Bertz CT molecular complexity index is 837. The van der Waals surface area contributed by atoms with Crippen LogP contribution in [0.25, 0.3) is 16.9 Å². The van der Waals surface area contributed by atoms with Crippen molar-refractivity contribution in [1.82, 2.24) is 9.38 Å². The van der Waals surface area contributed by atoms with Gasteiger partial charge in [-0.1, -0.05) is 18.2 Å². The summed E-state index contributed by atoms with van der Waals surface area (Å²) >= 11 is 0. The first kappa shape index (κ1) is 13.2. The number of fused-ring (bicyclic) bond motifs is 1. The minimum absolute atomic E-state index is 0.155. The van der Waals surface area contributed by atoms with Crippen molar-refractivity contribution in [3.8, 4) is 17.0 Å². The normalized spacial score (nSPS) is 10.8. The fourth-order valence-electron chi connectivity index (χ4n) is 2.38. The lowest BCUT2D eigenvalue weighted by molar-refractivity contribution is 0.0690. The third-order valence-electron chi connectivity index (χ3n) is 3.39. The summed E-state index contributed by atoms with van der Waals surface area (Å²) < 4.78 is 6.80. The van der Waals surface area contributed by atoms with Crippen LogP contribution in [-0.4, -0.2) is 27.6 Å². The Labute approximate surface area is 121 Å². The highest BCUT2D eigenvalue weighted by molar-refractivity contribution is 5.95. The molecule has 0 saturated carbocycles. The molecule has 5 nitrogen and oxygen atoms in total. The van der Waals surface area contributed by atoms with Gasteiger partial charge in [-0.25, -0.2) is 9.78 Å². The van der Waals surface area contributed by atoms with Gasteiger partial charge in [0.15, 0.2) is 5.69 Å². The van der Waals surface area contributed by atoms with Gasteiger partial charge in [0.25, 0.3) is 0 Å². The maximum Gasteiger partial charge on any atom is 0.355 e. The summed E-state index contributed by atoms with van der Waals surface area (Å²) in [5, 5.41) is 9.54. The second-order valence-corrected chi connectivity index (χ2v) is 4.73. The van der Waals surface area contributed by atoms with E-state index in [1.807, 2.05) is 37.3 Å². The van der Waals surface area contributed by atoms with Gasteiger partial charge in [-0.05, 0) is 30.7 Å². The van der Waals surface area contributed by atoms with Gasteiger partial charge in [0, 0.05) is 11.8 Å². The summed E-state index contributed by atoms with van der Waals surface area (Å²) in [6.45, 7) is 1.91. The molecule has 21 heavy (non-hydrogen) atoms. The second-order valence-electron chi connectivity index (χ2n) is 4.73. The summed E-state index contributed by atoms with van der Waals surface area (Å²) in [7, 11) is 1.57. The van der Waals surface area contributed by atoms with Crippen LogP contribution in [-0.2, 0) is 0 Å². The molecule has 0 atom stereocenters. The summed E-state index contributed by atoms with van der Waals surface area (Å²) in [6, 6.07) is 11.0. The molecule has 3 aromatic rings. The summed E-state index contributed by atoms with van der Waals surface area (Å²) in [5.41, 5.74) is 2.88. The number of carboxylic acids is 1. The van der Waals surface area contributed by atoms with E-state index < -0.39 is 5.97 Å². The Morgan fingerprint density at radius 3 is 2.81 bits per heavy atom. The molecule has 106 valence electrons. The molecular weight excluding hydrogens is 268 g/mol. The Hall–Kier alpha value is -2.82. The first-order chi connectivity index (χ1) is 10.1. The number of aromatic carboxylic acids is 1. The molecule has 0 aliphatic heterocycles. The average Bonchev–Trinajstić information content (AvgIpc) is 2.88. The molecule has 0 aliphatic rings. The van der Waals surface area contributed by atoms with Gasteiger partial charge in [0.2, 0.25) is 0 Å². The van der Waals surface area contributed by atoms with Crippen LogP contribution in [0.1, 0.15) is 16.1 Å². The number of hydrogen-bond donors (Lipinski definition) is 1. The van der Waals surface area contributed by atoms with Crippen LogP contribution in [0, 0.1) is 6.92 Å². The predicted molar refractivity (Wildman–Crippen MR) is 78.9 cm³/mol. The first-order valence-corrected chi connectivity index (χ1v) is 6.47. The van der Waals surface area contributed by atoms with Gasteiger partial charge >= 0.3 is 5.97 Å². The lowest BCUT2D eigenvalue weighted by Gasteiger charge is -2.03. The van der Waals surface area contributed by atoms with E-state index in [0.29, 0.717) is 17.1 Å². The molecular formula is C16H14N2O3. The lowest BCUT2D eigenvalue weighted by Crippen LogP contribution is -2.03. The SMILES string of the molecule is COc1cccc(-c2nc3c(C)cccn3c2C(=O)O)c1. The highest BCUT2D eigenvalue weighted by Gasteiger charge is 2.20. The molecule has 0 unspecified atom stereocenters. The third-order valence-corrected chi connectivity index (χ3v) is 3.39. The fourth-order valence-corrected chi connectivity index (χ4v) is 2.38. The van der Waals surface area contributed by atoms with Crippen molar-refractivity contribution in [3.63, 3.8) is 0 Å². The van der Waals surface area contributed by atoms with E-state index in [0.717, 1.165) is 11.1 Å². The average molecular weight is 282 g/mol. The molecule has 1 N–H and O–H groups in total. The van der Waals surface area contributed by atoms with Crippen molar-refractivity contribution in [2.24, 2.45) is 0 Å². The number of imidazole rings is 1. The zero-order valence-electron chi connectivity index (χ0n) is 11.7. The van der Waals surface area contributed by atoms with Gasteiger partial charge in [0.1, 0.15) is 17.1 Å². The number of rotatable bonds is 3. The van der Waals surface area contributed by atoms with E-state index in [1.54, 1.807) is 23.8 Å². The number of carbonyl (C=O) groups is 1. The van der Waals surface area contributed by atoms with Crippen molar-refractivity contribution in [2.75, 3.05) is 7.11 Å². The van der Waals surface area contributed by atoms with Crippen LogP contribution in [0.2, 0.25) is 0 Å². The number of aromatic nitrogens is 2. The highest BCUT2D eigenvalue weighted by atomic mass is 16.5. The molecule has 0 bridgehead atoms. The Kier molecular flexibility index (Phi) is 3.10. The third kappa shape index (κ3) is 2.12. The second kappa shape index (κ2) is 4.94. The molecule has 1 aromatic carbocycles. The number of aryl methyl sites for hydroxylation is 1. The number of nitrogens with zero attached hydrogens (tertiary/aromatic N) is 2. The molecule has 5 heteroatoms. The standard InChI is InChI=1S/C16H14N2O3/c1-10-5-4-8-18-14(16(19)20)13(17-15(10)18)11-6-3-7-12(9-11)21-2/h3-9H,1-2H3,(H,19,20). The van der Waals surface area contributed by atoms with Crippen LogP contribution >= 0.6 is 0 Å². The Morgan fingerprint density at radius 1 is 1.29 bits per heavy atom. The molecule has 0 spiro atoms. The largest absolute Gasteiger partial charge is 0.497 e. The molecule has 0 amide bonds. The lowest BCUT2D eigenvalue weighted by atomic mass is 10.1. The molecule has 0 saturated heterocycles. The van der Waals surface area contributed by atoms with Crippen LogP contribution in [0.5, 0.6) is 5.75 Å². The molecule has 2 heterocycles. The number of pyridine rings is 1. The maximum absolute atomic E-state index is 11.6. The van der Waals surface area contributed by atoms with E-state index in [-0.39, 0.29) is 5.69 Å². The van der Waals surface area contributed by atoms with Crippen LogP contribution < -0.4 is 4.74 Å². The summed E-state index contributed by atoms with van der Waals surface area (Å²) in [5.74, 6) is -0.344. The van der Waals surface area contributed by atoms with E-state index in [9.17, 15) is 9.90 Å². The van der Waals surface area contributed by atoms with E-state index >= 15 is 0 Å². The zero-order valence-corrected chi connectivity index (χ0v) is 11.7. The first-order valence-electron chi connectivity index (χ1n) is 6.47. The Balaban J connectivity index is 2.33. The molecule has 0 radical (unpaired) electrons. The quantitative estimate of drug-likeness (QED) is 0.802. The molecule has 0 aliphatic carbocycles. The smallest absolute Gasteiger partial charge is 0.355 e. The molecule has 0 fully saturated rings. The minimum Gasteiger partial charge on any atom is -0.497 e.